The normalized spacial score (nSPS) is 0. The van der Waals surface area contributed by atoms with Gasteiger partial charge in [0, 0.05) is 0 Å². The van der Waals surface area contributed by atoms with E-state index in [1.165, 1.54) is 0 Å². The first-order chi connectivity index (χ1) is 0. The third-order valence-corrected chi connectivity index (χ3v) is 0. The molecule has 0 saturated carbocycles. The van der Waals surface area contributed by atoms with E-state index in [4.69, 9.17) is 0 Å². The zero-order valence-electron chi connectivity index (χ0n) is 2.45. The van der Waals surface area contributed by atoms with Crippen molar-refractivity contribution in [2.45, 2.75) is 0 Å². The molecule has 0 aromatic carbocycles. The number of hydrogen-bond acceptors (Lipinski definition) is 1. The molecule has 4 heteroatoms. The second-order valence-electron chi connectivity index (χ2n) is 0. The zero-order chi connectivity index (χ0) is 0. The Balaban J connectivity index is 0. The first-order valence-corrected chi connectivity index (χ1v) is 0. The van der Waals surface area contributed by atoms with E-state index in [2.05, 4.69) is 0 Å². The van der Waals surface area contributed by atoms with Crippen molar-refractivity contribution < 1.29 is 29.6 Å². The van der Waals surface area contributed by atoms with Gasteiger partial charge in [-0.2, -0.15) is 27.0 Å². The molecule has 0 atom stereocenters. The fourth-order valence-electron chi connectivity index (χ4n) is 0. The van der Waals surface area contributed by atoms with Crippen molar-refractivity contribution in [2.75, 3.05) is 0 Å². The predicted molar refractivity (Wildman–Crippen MR) is 29.5 cm³/mol. The molecule has 0 unspecified atom stereocenters. The Morgan fingerprint density at radius 2 is 0.750 bits per heavy atom. The molecule has 0 nitrogen and oxygen atoms in total. The summed E-state index contributed by atoms with van der Waals surface area (Å²) >= 11 is 0. The maximum absolute atomic E-state index is 0. The van der Waals surface area contributed by atoms with Crippen molar-refractivity contribution in [3.05, 3.63) is 0 Å². The van der Waals surface area contributed by atoms with Gasteiger partial charge in [-0.05, 0) is 0 Å². The van der Waals surface area contributed by atoms with Gasteiger partial charge >= 0.3 is 29.6 Å². The molecule has 0 aliphatic carbocycles. The largest absolute Gasteiger partial charge is 1.00 e. The molecule has 0 spiro atoms. The van der Waals surface area contributed by atoms with Gasteiger partial charge in [-0.1, -0.05) is 0 Å². The summed E-state index contributed by atoms with van der Waals surface area (Å²) in [7, 11) is 0. The Bertz CT molecular complexity index is 3.25. The summed E-state index contributed by atoms with van der Waals surface area (Å²) in [5.41, 5.74) is 0. The molecule has 0 amide bonds. The maximum Gasteiger partial charge on any atom is 1.00 e. The number of rotatable bonds is 0. The van der Waals surface area contributed by atoms with E-state index >= 15 is 0 Å². The fourth-order valence-corrected chi connectivity index (χ4v) is 0. The van der Waals surface area contributed by atoms with Gasteiger partial charge in [-0.15, -0.1) is 0 Å². The summed E-state index contributed by atoms with van der Waals surface area (Å²) in [4.78, 5) is 0. The summed E-state index contributed by atoms with van der Waals surface area (Å²) in [6.07, 6.45) is 0. The van der Waals surface area contributed by atoms with Crippen molar-refractivity contribution in [2.24, 2.45) is 0 Å². The van der Waals surface area contributed by atoms with Crippen molar-refractivity contribution >= 4 is 40.5 Å². The molecule has 0 saturated heterocycles. The van der Waals surface area contributed by atoms with Gasteiger partial charge in [0.25, 0.3) is 0 Å². The van der Waals surface area contributed by atoms with Crippen LogP contribution in [0.2, 0.25) is 0 Å². The van der Waals surface area contributed by atoms with Gasteiger partial charge in [-0.3, -0.25) is 0 Å². The number of thiol groups is 1. The smallest absolute Gasteiger partial charge is 0.813 e. The van der Waals surface area contributed by atoms with Gasteiger partial charge < -0.3 is 13.5 Å². The van der Waals surface area contributed by atoms with Crippen LogP contribution in [-0.4, -0.2) is 0 Å². The Morgan fingerprint density at radius 1 is 0.750 bits per heavy atom. The van der Waals surface area contributed by atoms with Gasteiger partial charge in [0.2, 0.25) is 0 Å². The molecular weight excluding hydrogens is 119 g/mol. The fraction of sp³-hybridized carbons (Fsp3) is 0. The van der Waals surface area contributed by atoms with Gasteiger partial charge in [0.1, 0.15) is 0 Å². The second-order valence-corrected chi connectivity index (χ2v) is 0. The predicted octanol–water partition coefficient (Wildman–Crippen LogP) is -3.04. The van der Waals surface area contributed by atoms with Gasteiger partial charge in [0.05, 0.1) is 0 Å². The number of hydrogen-bond donors (Lipinski definition) is 0. The van der Waals surface area contributed by atoms with E-state index < -0.39 is 0 Å². The Morgan fingerprint density at radius 3 is 0.750 bits per heavy atom. The van der Waals surface area contributed by atoms with E-state index in [1.54, 1.807) is 0 Å². The molecule has 4 heavy (non-hydrogen) atoms. The van der Waals surface area contributed by atoms with Crippen LogP contribution in [0.5, 0.6) is 0 Å². The summed E-state index contributed by atoms with van der Waals surface area (Å²) in [6, 6.07) is 0. The monoisotopic (exact) mass is 124 g/mol. The molecule has 0 aromatic rings. The van der Waals surface area contributed by atoms with E-state index in [-0.39, 0.29) is 70.0 Å². The van der Waals surface area contributed by atoms with Crippen LogP contribution < -0.4 is 29.6 Å². The van der Waals surface area contributed by atoms with Crippen molar-refractivity contribution in [1.82, 2.24) is 0 Å². The molecule has 24 valence electrons. The standard InChI is InChI=1S/Na.3H2S/h;3*1H2/q+1;;;/p-1. The van der Waals surface area contributed by atoms with Crippen molar-refractivity contribution in [3.63, 3.8) is 0 Å². The average molecular weight is 124 g/mol. The van der Waals surface area contributed by atoms with Crippen LogP contribution in [-0.2, 0) is 13.5 Å². The molecule has 0 aromatic heterocycles. The maximum atomic E-state index is 0. The first kappa shape index (κ1) is 36.7. The summed E-state index contributed by atoms with van der Waals surface area (Å²) < 4.78 is 0. The minimum atomic E-state index is 0. The van der Waals surface area contributed by atoms with Crippen LogP contribution in [0.1, 0.15) is 0 Å². The minimum Gasteiger partial charge on any atom is -0.813 e. The summed E-state index contributed by atoms with van der Waals surface area (Å²) in [6.45, 7) is 0. The SMILES string of the molecule is S.S.[Na+].[SH-]. The van der Waals surface area contributed by atoms with E-state index in [0.29, 0.717) is 0 Å². The van der Waals surface area contributed by atoms with Gasteiger partial charge in [-0.25, -0.2) is 0 Å². The van der Waals surface area contributed by atoms with Gasteiger partial charge in [0.15, 0.2) is 0 Å². The third-order valence-electron chi connectivity index (χ3n) is 0. The molecule has 0 aliphatic rings. The molecule has 0 bridgehead atoms. The summed E-state index contributed by atoms with van der Waals surface area (Å²) in [5.74, 6) is 0. The van der Waals surface area contributed by atoms with E-state index in [9.17, 15) is 0 Å². The van der Waals surface area contributed by atoms with Crippen LogP contribution in [0.25, 0.3) is 0 Å². The summed E-state index contributed by atoms with van der Waals surface area (Å²) in [5, 5.41) is 0. The third kappa shape index (κ3) is 8.96. The molecule has 0 N–H and O–H groups in total. The first-order valence-electron chi connectivity index (χ1n) is 0. The minimum absolute atomic E-state index is 0. The van der Waals surface area contributed by atoms with Crippen LogP contribution in [0.4, 0.5) is 0 Å². The Labute approximate surface area is 69.4 Å². The van der Waals surface area contributed by atoms with Crippen LogP contribution >= 0.6 is 27.0 Å². The van der Waals surface area contributed by atoms with Crippen molar-refractivity contribution in [3.8, 4) is 0 Å². The topological polar surface area (TPSA) is 0 Å². The molecule has 0 heterocycles. The van der Waals surface area contributed by atoms with Crippen molar-refractivity contribution in [1.29, 1.82) is 0 Å². The second kappa shape index (κ2) is 19.7. The molecule has 0 aliphatic heterocycles. The zero-order valence-corrected chi connectivity index (χ0v) is 7.34. The molecule has 0 fully saturated rings. The van der Waals surface area contributed by atoms with Crippen LogP contribution in [0, 0.1) is 0 Å². The Hall–Kier alpha value is 2.05. The average Bonchev–Trinajstić information content (AvgIpc) is 0. The van der Waals surface area contributed by atoms with E-state index in [0.717, 1.165) is 0 Å². The molecule has 0 radical (unpaired) electrons. The quantitative estimate of drug-likeness (QED) is 0.188. The Kier molecular flexibility index (Phi) is 181. The molecular formula is H5NaS3. The van der Waals surface area contributed by atoms with Crippen LogP contribution in [0.15, 0.2) is 0 Å². The van der Waals surface area contributed by atoms with Crippen LogP contribution in [0.3, 0.4) is 0 Å². The van der Waals surface area contributed by atoms with E-state index in [1.807, 2.05) is 0 Å². The molecule has 0 rings (SSSR count).